The van der Waals surface area contributed by atoms with E-state index in [2.05, 4.69) is 21.2 Å². The lowest BCUT2D eigenvalue weighted by molar-refractivity contribution is 0.560. The van der Waals surface area contributed by atoms with Crippen molar-refractivity contribution in [2.24, 2.45) is 0 Å². The summed E-state index contributed by atoms with van der Waals surface area (Å²) in [6.07, 6.45) is 12.5. The molecular formula is C25H21F2N7. The van der Waals surface area contributed by atoms with E-state index in [9.17, 15) is 8.78 Å². The quantitative estimate of drug-likeness (QED) is 0.384. The zero-order chi connectivity index (χ0) is 23.2. The van der Waals surface area contributed by atoms with Crippen LogP contribution < -0.4 is 4.90 Å². The van der Waals surface area contributed by atoms with Crippen LogP contribution in [0.4, 0.5) is 14.6 Å². The lowest BCUT2D eigenvalue weighted by Crippen LogP contribution is -2.24. The molecule has 0 amide bonds. The second-order valence-corrected chi connectivity index (χ2v) is 8.53. The first-order chi connectivity index (χ1) is 16.6. The van der Waals surface area contributed by atoms with Crippen LogP contribution in [0.15, 0.2) is 67.5 Å². The molecule has 1 aromatic carbocycles. The Kier molecular flexibility index (Phi) is 4.83. The third kappa shape index (κ3) is 3.49. The lowest BCUT2D eigenvalue weighted by atomic mass is 10.0. The van der Waals surface area contributed by atoms with Crippen LogP contribution in [0.25, 0.3) is 22.5 Å². The van der Waals surface area contributed by atoms with Crippen LogP contribution in [0.3, 0.4) is 0 Å². The number of aromatic nitrogens is 6. The molecule has 1 aliphatic rings. The molecule has 34 heavy (non-hydrogen) atoms. The van der Waals surface area contributed by atoms with Gasteiger partial charge >= 0.3 is 0 Å². The van der Waals surface area contributed by atoms with E-state index in [0.717, 1.165) is 41.3 Å². The van der Waals surface area contributed by atoms with E-state index in [1.54, 1.807) is 27.8 Å². The Bertz CT molecular complexity index is 1510. The van der Waals surface area contributed by atoms with Crippen LogP contribution in [0.5, 0.6) is 0 Å². The average molecular weight is 457 g/mol. The van der Waals surface area contributed by atoms with Gasteiger partial charge in [-0.15, -0.1) is 0 Å². The molecule has 0 saturated carbocycles. The van der Waals surface area contributed by atoms with Gasteiger partial charge in [-0.25, -0.2) is 23.0 Å². The van der Waals surface area contributed by atoms with E-state index in [1.807, 2.05) is 36.5 Å². The molecule has 0 radical (unpaired) electrons. The summed E-state index contributed by atoms with van der Waals surface area (Å²) in [6, 6.07) is 7.25. The van der Waals surface area contributed by atoms with Crippen molar-refractivity contribution < 1.29 is 8.78 Å². The molecule has 1 aliphatic heterocycles. The molecule has 170 valence electrons. The number of anilines is 1. The van der Waals surface area contributed by atoms with Crippen molar-refractivity contribution in [3.05, 3.63) is 90.3 Å². The number of aryl methyl sites for hydroxylation is 1. The first kappa shape index (κ1) is 20.5. The van der Waals surface area contributed by atoms with Crippen LogP contribution >= 0.6 is 0 Å². The fourth-order valence-electron chi connectivity index (χ4n) is 4.62. The van der Waals surface area contributed by atoms with Crippen LogP contribution in [-0.4, -0.2) is 35.9 Å². The molecule has 1 fully saturated rings. The molecule has 0 aliphatic carbocycles. The van der Waals surface area contributed by atoms with Crippen molar-refractivity contribution in [1.29, 1.82) is 0 Å². The van der Waals surface area contributed by atoms with Gasteiger partial charge in [-0.3, -0.25) is 4.98 Å². The smallest absolute Gasteiger partial charge is 0.183 e. The Labute approximate surface area is 194 Å². The van der Waals surface area contributed by atoms with Crippen LogP contribution in [0.1, 0.15) is 30.0 Å². The molecule has 5 aromatic rings. The van der Waals surface area contributed by atoms with Crippen molar-refractivity contribution in [3.63, 3.8) is 0 Å². The third-order valence-corrected chi connectivity index (χ3v) is 6.24. The van der Waals surface area contributed by atoms with Gasteiger partial charge in [0.05, 0.1) is 18.4 Å². The summed E-state index contributed by atoms with van der Waals surface area (Å²) in [5.74, 6) is -0.155. The van der Waals surface area contributed by atoms with Gasteiger partial charge in [0.25, 0.3) is 0 Å². The zero-order valence-electron chi connectivity index (χ0n) is 18.4. The minimum Gasteiger partial charge on any atom is -0.349 e. The van der Waals surface area contributed by atoms with Gasteiger partial charge in [0, 0.05) is 48.0 Å². The van der Waals surface area contributed by atoms with Crippen molar-refractivity contribution in [1.82, 2.24) is 29.4 Å². The minimum atomic E-state index is -0.442. The molecule has 1 unspecified atom stereocenters. The fraction of sp³-hybridized carbons (Fsp3) is 0.200. The summed E-state index contributed by atoms with van der Waals surface area (Å²) in [5, 5.41) is 8.93. The maximum absolute atomic E-state index is 14.5. The summed E-state index contributed by atoms with van der Waals surface area (Å²) < 4.78 is 31.8. The third-order valence-electron chi connectivity index (χ3n) is 6.24. The number of pyridine rings is 1. The molecule has 0 N–H and O–H groups in total. The predicted octanol–water partition coefficient (Wildman–Crippen LogP) is 4.91. The zero-order valence-corrected chi connectivity index (χ0v) is 18.4. The molecule has 1 saturated heterocycles. The molecular weight excluding hydrogens is 436 g/mol. The Morgan fingerprint density at radius 1 is 0.971 bits per heavy atom. The first-order valence-corrected chi connectivity index (χ1v) is 11.1. The lowest BCUT2D eigenvalue weighted by Gasteiger charge is -2.26. The highest BCUT2D eigenvalue weighted by Gasteiger charge is 2.30. The number of hydrogen-bond donors (Lipinski definition) is 0. The monoisotopic (exact) mass is 457 g/mol. The number of hydrogen-bond acceptors (Lipinski definition) is 5. The summed E-state index contributed by atoms with van der Waals surface area (Å²) >= 11 is 0. The second kappa shape index (κ2) is 8.02. The number of fused-ring (bicyclic) bond motifs is 1. The van der Waals surface area contributed by atoms with E-state index in [1.165, 1.54) is 12.1 Å². The van der Waals surface area contributed by atoms with Gasteiger partial charge < -0.3 is 4.90 Å². The SMILES string of the molecule is Cc1cncc(-c2cnn(-c3cnn4ccc(N5CCCC5c5cc(F)ccc5F)nc34)c2)c1. The molecule has 5 heterocycles. The van der Waals surface area contributed by atoms with Crippen LogP contribution in [0.2, 0.25) is 0 Å². The summed E-state index contributed by atoms with van der Waals surface area (Å²) in [4.78, 5) is 11.1. The van der Waals surface area contributed by atoms with E-state index in [4.69, 9.17) is 4.98 Å². The van der Waals surface area contributed by atoms with E-state index in [-0.39, 0.29) is 6.04 Å². The normalized spacial score (nSPS) is 16.0. The van der Waals surface area contributed by atoms with E-state index >= 15 is 0 Å². The van der Waals surface area contributed by atoms with Gasteiger partial charge in [0.2, 0.25) is 0 Å². The highest BCUT2D eigenvalue weighted by molar-refractivity contribution is 5.65. The van der Waals surface area contributed by atoms with Crippen LogP contribution in [0, 0.1) is 18.6 Å². The fourth-order valence-corrected chi connectivity index (χ4v) is 4.62. The Balaban J connectivity index is 1.38. The van der Waals surface area contributed by atoms with Crippen molar-refractivity contribution in [2.75, 3.05) is 11.4 Å². The van der Waals surface area contributed by atoms with Crippen molar-refractivity contribution >= 4 is 11.5 Å². The van der Waals surface area contributed by atoms with Gasteiger partial charge in [0.1, 0.15) is 23.1 Å². The molecule has 1 atom stereocenters. The number of benzene rings is 1. The second-order valence-electron chi connectivity index (χ2n) is 8.53. The molecule has 7 nitrogen and oxygen atoms in total. The van der Waals surface area contributed by atoms with E-state index in [0.29, 0.717) is 23.6 Å². The van der Waals surface area contributed by atoms with E-state index < -0.39 is 11.6 Å². The number of nitrogens with zero attached hydrogens (tertiary/aromatic N) is 7. The Morgan fingerprint density at radius 3 is 2.76 bits per heavy atom. The van der Waals surface area contributed by atoms with Gasteiger partial charge in [-0.1, -0.05) is 0 Å². The minimum absolute atomic E-state index is 0.276. The summed E-state index contributed by atoms with van der Waals surface area (Å²) in [5.41, 5.74) is 4.70. The maximum Gasteiger partial charge on any atom is 0.183 e. The van der Waals surface area contributed by atoms with Crippen LogP contribution in [-0.2, 0) is 0 Å². The highest BCUT2D eigenvalue weighted by Crippen LogP contribution is 2.37. The topological polar surface area (TPSA) is 64.1 Å². The molecule has 9 heteroatoms. The average Bonchev–Trinajstić information content (AvgIpc) is 3.59. The Hall–Kier alpha value is -4.14. The standard InChI is InChI=1S/C25H21F2N7/c1-16-9-17(12-28-11-16)18-13-29-34(15-18)23-14-30-33-8-6-24(31-25(23)33)32-7-2-3-22(32)20-10-19(26)4-5-21(20)27/h4-6,8-15,22H,2-3,7H2,1H3. The maximum atomic E-state index is 14.5. The van der Waals surface area contributed by atoms with Gasteiger partial charge in [-0.05, 0) is 55.7 Å². The Morgan fingerprint density at radius 2 is 1.88 bits per heavy atom. The van der Waals surface area contributed by atoms with Gasteiger partial charge in [0.15, 0.2) is 5.65 Å². The first-order valence-electron chi connectivity index (χ1n) is 11.1. The highest BCUT2D eigenvalue weighted by atomic mass is 19.1. The molecule has 0 bridgehead atoms. The van der Waals surface area contributed by atoms with Gasteiger partial charge in [-0.2, -0.15) is 10.2 Å². The van der Waals surface area contributed by atoms with Crippen molar-refractivity contribution in [3.8, 4) is 16.8 Å². The molecule has 4 aromatic heterocycles. The predicted molar refractivity (Wildman–Crippen MR) is 124 cm³/mol. The summed E-state index contributed by atoms with van der Waals surface area (Å²) in [6.45, 7) is 2.71. The molecule has 6 rings (SSSR count). The number of rotatable bonds is 4. The molecule has 0 spiro atoms. The summed E-state index contributed by atoms with van der Waals surface area (Å²) in [7, 11) is 0. The van der Waals surface area contributed by atoms with Crippen molar-refractivity contribution in [2.45, 2.75) is 25.8 Å². The largest absolute Gasteiger partial charge is 0.349 e. The number of halogens is 2.